The molecular weight excluding hydrogens is 314 g/mol. The number of hydrogen-bond acceptors (Lipinski definition) is 4. The Hall–Kier alpha value is -2.95. The number of anilines is 1. The first-order valence-electron chi connectivity index (χ1n) is 8.22. The van der Waals surface area contributed by atoms with Crippen LogP contribution in [0.2, 0.25) is 0 Å². The number of methoxy groups -OCH3 is 2. The summed E-state index contributed by atoms with van der Waals surface area (Å²) in [6.45, 7) is 3.53. The van der Waals surface area contributed by atoms with E-state index in [-0.39, 0.29) is 0 Å². The minimum atomic E-state index is 0.725. The lowest BCUT2D eigenvalue weighted by Gasteiger charge is -2.06. The molecule has 25 heavy (non-hydrogen) atoms. The van der Waals surface area contributed by atoms with Crippen LogP contribution >= 0.6 is 0 Å². The first kappa shape index (κ1) is 16.9. The molecule has 0 aliphatic carbocycles. The molecule has 0 bridgehead atoms. The molecule has 0 atom stereocenters. The molecule has 130 valence electrons. The molecule has 0 aliphatic heterocycles. The zero-order valence-corrected chi connectivity index (χ0v) is 14.8. The van der Waals surface area contributed by atoms with Gasteiger partial charge in [0.1, 0.15) is 17.3 Å². The summed E-state index contributed by atoms with van der Waals surface area (Å²) < 4.78 is 12.4. The standard InChI is InChI=1S/C20H23N3O2/c1-15-12-20(21-13-16-4-8-18(24-2)9-5-16)22-23(15)14-17-6-10-19(25-3)11-7-17/h4-12H,13-14H2,1-3H3,(H,21,22). The molecule has 3 rings (SSSR count). The quantitative estimate of drug-likeness (QED) is 0.711. The number of rotatable bonds is 7. The average molecular weight is 337 g/mol. The van der Waals surface area contributed by atoms with Gasteiger partial charge in [-0.25, -0.2) is 0 Å². The Kier molecular flexibility index (Phi) is 5.23. The van der Waals surface area contributed by atoms with Crippen molar-refractivity contribution in [1.29, 1.82) is 0 Å². The summed E-state index contributed by atoms with van der Waals surface area (Å²) in [5.41, 5.74) is 3.49. The molecule has 0 aliphatic rings. The van der Waals surface area contributed by atoms with E-state index in [9.17, 15) is 0 Å². The van der Waals surface area contributed by atoms with Crippen LogP contribution in [0.15, 0.2) is 54.6 Å². The highest BCUT2D eigenvalue weighted by atomic mass is 16.5. The number of ether oxygens (including phenoxy) is 2. The van der Waals surface area contributed by atoms with E-state index >= 15 is 0 Å². The zero-order valence-electron chi connectivity index (χ0n) is 14.8. The van der Waals surface area contributed by atoms with Gasteiger partial charge in [0.05, 0.1) is 20.8 Å². The summed E-state index contributed by atoms with van der Waals surface area (Å²) in [5, 5.41) is 8.02. The molecule has 5 heteroatoms. The van der Waals surface area contributed by atoms with Crippen molar-refractivity contribution >= 4 is 5.82 Å². The van der Waals surface area contributed by atoms with Gasteiger partial charge >= 0.3 is 0 Å². The Morgan fingerprint density at radius 2 is 1.44 bits per heavy atom. The van der Waals surface area contributed by atoms with Crippen molar-refractivity contribution in [1.82, 2.24) is 9.78 Å². The van der Waals surface area contributed by atoms with Gasteiger partial charge in [0.15, 0.2) is 0 Å². The van der Waals surface area contributed by atoms with E-state index in [1.807, 2.05) is 41.1 Å². The van der Waals surface area contributed by atoms with Crippen molar-refractivity contribution in [3.8, 4) is 11.5 Å². The van der Waals surface area contributed by atoms with Crippen LogP contribution in [0.1, 0.15) is 16.8 Å². The van der Waals surface area contributed by atoms with E-state index in [1.54, 1.807) is 14.2 Å². The largest absolute Gasteiger partial charge is 0.497 e. The Morgan fingerprint density at radius 1 is 0.880 bits per heavy atom. The first-order valence-corrected chi connectivity index (χ1v) is 8.22. The lowest BCUT2D eigenvalue weighted by atomic mass is 10.2. The van der Waals surface area contributed by atoms with Gasteiger partial charge in [0, 0.05) is 18.3 Å². The summed E-state index contributed by atoms with van der Waals surface area (Å²) in [4.78, 5) is 0. The van der Waals surface area contributed by atoms with Gasteiger partial charge in [-0.05, 0) is 42.3 Å². The maximum absolute atomic E-state index is 5.20. The molecule has 1 N–H and O–H groups in total. The van der Waals surface area contributed by atoms with Crippen LogP contribution in [0.5, 0.6) is 11.5 Å². The summed E-state index contributed by atoms with van der Waals surface area (Å²) in [6.07, 6.45) is 0. The second-order valence-electron chi connectivity index (χ2n) is 5.88. The third-order valence-electron chi connectivity index (χ3n) is 4.11. The SMILES string of the molecule is COc1ccc(CNc2cc(C)n(Cc3ccc(OC)cc3)n2)cc1. The van der Waals surface area contributed by atoms with Crippen molar-refractivity contribution < 1.29 is 9.47 Å². The van der Waals surface area contributed by atoms with Crippen molar-refractivity contribution in [2.75, 3.05) is 19.5 Å². The number of aryl methyl sites for hydroxylation is 1. The molecule has 0 amide bonds. The van der Waals surface area contributed by atoms with E-state index in [4.69, 9.17) is 9.47 Å². The third kappa shape index (κ3) is 4.32. The second kappa shape index (κ2) is 7.75. The van der Waals surface area contributed by atoms with E-state index in [0.29, 0.717) is 0 Å². The molecule has 0 saturated heterocycles. The van der Waals surface area contributed by atoms with Gasteiger partial charge in [-0.1, -0.05) is 24.3 Å². The average Bonchev–Trinajstić information content (AvgIpc) is 3.00. The fourth-order valence-corrected chi connectivity index (χ4v) is 2.60. The van der Waals surface area contributed by atoms with Crippen LogP contribution in [-0.4, -0.2) is 24.0 Å². The molecule has 0 saturated carbocycles. The maximum atomic E-state index is 5.20. The molecule has 0 fully saturated rings. The Bertz CT molecular complexity index is 808. The molecule has 2 aromatic carbocycles. The van der Waals surface area contributed by atoms with Crippen molar-refractivity contribution in [2.24, 2.45) is 0 Å². The van der Waals surface area contributed by atoms with Gasteiger partial charge in [-0.3, -0.25) is 4.68 Å². The summed E-state index contributed by atoms with van der Waals surface area (Å²) in [6, 6.07) is 18.1. The first-order chi connectivity index (χ1) is 12.2. The Morgan fingerprint density at radius 3 is 2.00 bits per heavy atom. The van der Waals surface area contributed by atoms with Gasteiger partial charge in [0.2, 0.25) is 0 Å². The van der Waals surface area contributed by atoms with Crippen LogP contribution < -0.4 is 14.8 Å². The summed E-state index contributed by atoms with van der Waals surface area (Å²) >= 11 is 0. The highest BCUT2D eigenvalue weighted by molar-refractivity contribution is 5.38. The van der Waals surface area contributed by atoms with Crippen molar-refractivity contribution in [2.45, 2.75) is 20.0 Å². The van der Waals surface area contributed by atoms with Crippen LogP contribution in [-0.2, 0) is 13.1 Å². The Labute approximate surface area is 148 Å². The smallest absolute Gasteiger partial charge is 0.148 e. The third-order valence-corrected chi connectivity index (χ3v) is 4.11. The van der Waals surface area contributed by atoms with Gasteiger partial charge in [-0.2, -0.15) is 5.10 Å². The molecule has 0 radical (unpaired) electrons. The zero-order chi connectivity index (χ0) is 17.6. The lowest BCUT2D eigenvalue weighted by Crippen LogP contribution is -2.05. The minimum Gasteiger partial charge on any atom is -0.497 e. The van der Waals surface area contributed by atoms with E-state index in [1.165, 1.54) is 11.1 Å². The molecule has 0 unspecified atom stereocenters. The number of benzene rings is 2. The van der Waals surface area contributed by atoms with Crippen molar-refractivity contribution in [3.63, 3.8) is 0 Å². The molecule has 1 heterocycles. The highest BCUT2D eigenvalue weighted by Crippen LogP contribution is 2.16. The monoisotopic (exact) mass is 337 g/mol. The number of nitrogens with one attached hydrogen (secondary N) is 1. The normalized spacial score (nSPS) is 10.5. The van der Waals surface area contributed by atoms with E-state index in [2.05, 4.69) is 35.5 Å². The van der Waals surface area contributed by atoms with Gasteiger partial charge in [0.25, 0.3) is 0 Å². The predicted octanol–water partition coefficient (Wildman–Crippen LogP) is 3.87. The minimum absolute atomic E-state index is 0.725. The summed E-state index contributed by atoms with van der Waals surface area (Å²) in [7, 11) is 3.35. The predicted molar refractivity (Wildman–Crippen MR) is 99.4 cm³/mol. The Balaban J connectivity index is 1.62. The highest BCUT2D eigenvalue weighted by Gasteiger charge is 2.05. The number of hydrogen-bond donors (Lipinski definition) is 1. The molecule has 0 spiro atoms. The fraction of sp³-hybridized carbons (Fsp3) is 0.250. The van der Waals surface area contributed by atoms with Gasteiger partial charge < -0.3 is 14.8 Å². The molecule has 1 aromatic heterocycles. The maximum Gasteiger partial charge on any atom is 0.148 e. The van der Waals surface area contributed by atoms with E-state index < -0.39 is 0 Å². The van der Waals surface area contributed by atoms with Crippen LogP contribution in [0.25, 0.3) is 0 Å². The van der Waals surface area contributed by atoms with Crippen molar-refractivity contribution in [3.05, 3.63) is 71.4 Å². The van der Waals surface area contributed by atoms with Gasteiger partial charge in [-0.15, -0.1) is 0 Å². The van der Waals surface area contributed by atoms with Crippen LogP contribution in [0, 0.1) is 6.92 Å². The second-order valence-corrected chi connectivity index (χ2v) is 5.88. The molecule has 5 nitrogen and oxygen atoms in total. The summed E-state index contributed by atoms with van der Waals surface area (Å²) in [5.74, 6) is 2.60. The number of nitrogens with zero attached hydrogens (tertiary/aromatic N) is 2. The van der Waals surface area contributed by atoms with Crippen LogP contribution in [0.4, 0.5) is 5.82 Å². The fourth-order valence-electron chi connectivity index (χ4n) is 2.60. The lowest BCUT2D eigenvalue weighted by molar-refractivity contribution is 0.414. The molecular formula is C20H23N3O2. The van der Waals surface area contributed by atoms with E-state index in [0.717, 1.165) is 36.1 Å². The van der Waals surface area contributed by atoms with Crippen LogP contribution in [0.3, 0.4) is 0 Å². The number of aromatic nitrogens is 2. The topological polar surface area (TPSA) is 48.3 Å². The molecule has 3 aromatic rings.